The number of carbonyl (C=O) groups is 1. The maximum absolute atomic E-state index is 12.7. The highest BCUT2D eigenvalue weighted by molar-refractivity contribution is 5.92. The SMILES string of the molecule is Cn1nc(-c2ccccc2)c2c1CCN(C(=O)c1coc(CN)n1)CC2. The van der Waals surface area contributed by atoms with Gasteiger partial charge in [0.25, 0.3) is 5.91 Å². The molecular formula is C19H21N5O2. The van der Waals surface area contributed by atoms with Crippen LogP contribution in [0.5, 0.6) is 0 Å². The maximum atomic E-state index is 12.7. The molecular weight excluding hydrogens is 330 g/mol. The van der Waals surface area contributed by atoms with Crippen molar-refractivity contribution in [1.82, 2.24) is 19.7 Å². The number of hydrogen-bond donors (Lipinski definition) is 1. The Morgan fingerprint density at radius 2 is 2.00 bits per heavy atom. The van der Waals surface area contributed by atoms with Gasteiger partial charge in [0.2, 0.25) is 5.89 Å². The number of carbonyl (C=O) groups excluding carboxylic acids is 1. The number of hydrogen-bond acceptors (Lipinski definition) is 5. The molecule has 2 aromatic heterocycles. The molecule has 1 aliphatic heterocycles. The van der Waals surface area contributed by atoms with E-state index in [1.807, 2.05) is 34.8 Å². The van der Waals surface area contributed by atoms with Crippen molar-refractivity contribution in [3.63, 3.8) is 0 Å². The zero-order chi connectivity index (χ0) is 18.1. The van der Waals surface area contributed by atoms with Crippen LogP contribution in [-0.2, 0) is 26.4 Å². The molecule has 1 amide bonds. The van der Waals surface area contributed by atoms with Gasteiger partial charge in [0.1, 0.15) is 6.26 Å². The Balaban J connectivity index is 1.59. The van der Waals surface area contributed by atoms with Crippen LogP contribution < -0.4 is 5.73 Å². The smallest absolute Gasteiger partial charge is 0.275 e. The maximum Gasteiger partial charge on any atom is 0.275 e. The summed E-state index contributed by atoms with van der Waals surface area (Å²) in [7, 11) is 1.97. The molecule has 2 N–H and O–H groups in total. The van der Waals surface area contributed by atoms with E-state index in [0.29, 0.717) is 24.7 Å². The van der Waals surface area contributed by atoms with E-state index in [1.54, 1.807) is 0 Å². The summed E-state index contributed by atoms with van der Waals surface area (Å²) in [5, 5.41) is 4.72. The van der Waals surface area contributed by atoms with Gasteiger partial charge >= 0.3 is 0 Å². The lowest BCUT2D eigenvalue weighted by Crippen LogP contribution is -2.33. The minimum Gasteiger partial charge on any atom is -0.447 e. The Morgan fingerprint density at radius 1 is 1.23 bits per heavy atom. The average Bonchev–Trinajstić information content (AvgIpc) is 3.20. The van der Waals surface area contributed by atoms with Gasteiger partial charge in [0.15, 0.2) is 5.69 Å². The van der Waals surface area contributed by atoms with Crippen molar-refractivity contribution in [1.29, 1.82) is 0 Å². The van der Waals surface area contributed by atoms with Gasteiger partial charge in [-0.2, -0.15) is 5.10 Å². The van der Waals surface area contributed by atoms with E-state index >= 15 is 0 Å². The van der Waals surface area contributed by atoms with Crippen molar-refractivity contribution in [2.24, 2.45) is 12.8 Å². The van der Waals surface area contributed by atoms with E-state index in [4.69, 9.17) is 15.2 Å². The topological polar surface area (TPSA) is 90.2 Å². The molecule has 0 radical (unpaired) electrons. The van der Waals surface area contributed by atoms with E-state index in [-0.39, 0.29) is 12.5 Å². The highest BCUT2D eigenvalue weighted by Gasteiger charge is 2.26. The molecule has 134 valence electrons. The summed E-state index contributed by atoms with van der Waals surface area (Å²) in [6.07, 6.45) is 2.92. The molecule has 0 bridgehead atoms. The molecule has 0 spiro atoms. The van der Waals surface area contributed by atoms with Gasteiger partial charge in [-0.1, -0.05) is 30.3 Å². The molecule has 0 atom stereocenters. The van der Waals surface area contributed by atoms with Gasteiger partial charge in [-0.15, -0.1) is 0 Å². The number of fused-ring (bicyclic) bond motifs is 1. The summed E-state index contributed by atoms with van der Waals surface area (Å²) in [5.74, 6) is 0.262. The summed E-state index contributed by atoms with van der Waals surface area (Å²) < 4.78 is 7.14. The molecule has 7 nitrogen and oxygen atoms in total. The van der Waals surface area contributed by atoms with Gasteiger partial charge in [-0.3, -0.25) is 9.48 Å². The quantitative estimate of drug-likeness (QED) is 0.777. The number of aryl methyl sites for hydroxylation is 1. The number of aromatic nitrogens is 3. The molecule has 0 aliphatic carbocycles. The van der Waals surface area contributed by atoms with Crippen LogP contribution in [-0.4, -0.2) is 38.7 Å². The van der Waals surface area contributed by atoms with Crippen LogP contribution in [0.25, 0.3) is 11.3 Å². The molecule has 7 heteroatoms. The molecule has 26 heavy (non-hydrogen) atoms. The second kappa shape index (κ2) is 6.76. The molecule has 0 saturated heterocycles. The minimum absolute atomic E-state index is 0.115. The molecule has 3 heterocycles. The number of benzene rings is 1. The number of oxazole rings is 1. The number of amides is 1. The van der Waals surface area contributed by atoms with Gasteiger partial charge in [-0.05, 0) is 6.42 Å². The Kier molecular flexibility index (Phi) is 4.30. The predicted octanol–water partition coefficient (Wildman–Crippen LogP) is 1.77. The summed E-state index contributed by atoms with van der Waals surface area (Å²) in [6.45, 7) is 1.44. The van der Waals surface area contributed by atoms with Crippen LogP contribution in [0.4, 0.5) is 0 Å². The fourth-order valence-electron chi connectivity index (χ4n) is 3.47. The fourth-order valence-corrected chi connectivity index (χ4v) is 3.47. The number of nitrogens with zero attached hydrogens (tertiary/aromatic N) is 4. The monoisotopic (exact) mass is 351 g/mol. The molecule has 0 unspecified atom stereocenters. The van der Waals surface area contributed by atoms with Gasteiger partial charge < -0.3 is 15.1 Å². The van der Waals surface area contributed by atoms with Crippen LogP contribution in [0, 0.1) is 0 Å². The van der Waals surface area contributed by atoms with E-state index in [2.05, 4.69) is 17.1 Å². The van der Waals surface area contributed by atoms with Crippen LogP contribution >= 0.6 is 0 Å². The van der Waals surface area contributed by atoms with Crippen molar-refractivity contribution in [2.75, 3.05) is 13.1 Å². The summed E-state index contributed by atoms with van der Waals surface area (Å²) in [5.41, 5.74) is 10.3. The molecule has 3 aromatic rings. The van der Waals surface area contributed by atoms with Crippen LogP contribution in [0.15, 0.2) is 41.0 Å². The van der Waals surface area contributed by atoms with E-state index in [1.165, 1.54) is 17.5 Å². The Morgan fingerprint density at radius 3 is 2.73 bits per heavy atom. The largest absolute Gasteiger partial charge is 0.447 e. The van der Waals surface area contributed by atoms with Crippen LogP contribution in [0.1, 0.15) is 27.6 Å². The Labute approximate surface area is 151 Å². The zero-order valence-electron chi connectivity index (χ0n) is 14.7. The average molecular weight is 351 g/mol. The third kappa shape index (κ3) is 2.90. The zero-order valence-corrected chi connectivity index (χ0v) is 14.7. The number of nitrogens with two attached hydrogens (primary N) is 1. The normalized spacial score (nSPS) is 14.2. The second-order valence-corrected chi connectivity index (χ2v) is 6.39. The first-order chi connectivity index (χ1) is 12.7. The van der Waals surface area contributed by atoms with Crippen molar-refractivity contribution < 1.29 is 9.21 Å². The van der Waals surface area contributed by atoms with Crippen LogP contribution in [0.3, 0.4) is 0 Å². The van der Waals surface area contributed by atoms with Gasteiger partial charge in [-0.25, -0.2) is 4.98 Å². The van der Waals surface area contributed by atoms with E-state index < -0.39 is 0 Å². The van der Waals surface area contributed by atoms with E-state index in [9.17, 15) is 4.79 Å². The third-order valence-electron chi connectivity index (χ3n) is 4.80. The molecule has 0 saturated carbocycles. The third-order valence-corrected chi connectivity index (χ3v) is 4.80. The lowest BCUT2D eigenvalue weighted by atomic mass is 10.0. The lowest BCUT2D eigenvalue weighted by molar-refractivity contribution is 0.0756. The van der Waals surface area contributed by atoms with Crippen molar-refractivity contribution in [3.8, 4) is 11.3 Å². The van der Waals surface area contributed by atoms with Crippen LogP contribution in [0.2, 0.25) is 0 Å². The molecule has 0 fully saturated rings. The van der Waals surface area contributed by atoms with Crippen molar-refractivity contribution >= 4 is 5.91 Å². The summed E-state index contributed by atoms with van der Waals surface area (Å²) in [6, 6.07) is 10.2. The first kappa shape index (κ1) is 16.5. The summed E-state index contributed by atoms with van der Waals surface area (Å²) in [4.78, 5) is 18.7. The summed E-state index contributed by atoms with van der Waals surface area (Å²) >= 11 is 0. The molecule has 4 rings (SSSR count). The van der Waals surface area contributed by atoms with Crippen molar-refractivity contribution in [3.05, 3.63) is 59.4 Å². The lowest BCUT2D eigenvalue weighted by Gasteiger charge is -2.19. The van der Waals surface area contributed by atoms with Crippen molar-refractivity contribution in [2.45, 2.75) is 19.4 Å². The van der Waals surface area contributed by atoms with E-state index in [0.717, 1.165) is 24.1 Å². The molecule has 1 aliphatic rings. The standard InChI is InChI=1S/C19H21N5O2/c1-23-16-8-10-24(19(25)15-12-26-17(11-20)21-15)9-7-14(16)18(22-23)13-5-3-2-4-6-13/h2-6,12H,7-11,20H2,1H3. The Bertz CT molecular complexity index is 929. The predicted molar refractivity (Wildman–Crippen MR) is 96.3 cm³/mol. The number of rotatable bonds is 3. The highest BCUT2D eigenvalue weighted by atomic mass is 16.3. The minimum atomic E-state index is -0.115. The van der Waals surface area contributed by atoms with Gasteiger partial charge in [0.05, 0.1) is 12.2 Å². The first-order valence-electron chi connectivity index (χ1n) is 8.71. The first-order valence-corrected chi connectivity index (χ1v) is 8.71. The van der Waals surface area contributed by atoms with Gasteiger partial charge in [0, 0.05) is 43.4 Å². The highest BCUT2D eigenvalue weighted by Crippen LogP contribution is 2.28. The molecule has 1 aromatic carbocycles. The fraction of sp³-hybridized carbons (Fsp3) is 0.316. The second-order valence-electron chi connectivity index (χ2n) is 6.39. The Hall–Kier alpha value is -2.93.